The van der Waals surface area contributed by atoms with E-state index in [1.807, 2.05) is 0 Å². The Morgan fingerprint density at radius 3 is 2.32 bits per heavy atom. The van der Waals surface area contributed by atoms with Crippen LogP contribution in [0, 0.1) is 0 Å². The van der Waals surface area contributed by atoms with Gasteiger partial charge in [0.15, 0.2) is 0 Å². The molecule has 12 heteroatoms. The Bertz CT molecular complexity index is 1030. The summed E-state index contributed by atoms with van der Waals surface area (Å²) >= 11 is 0. The van der Waals surface area contributed by atoms with Crippen LogP contribution in [0.5, 0.6) is 0 Å². The first-order valence-corrected chi connectivity index (χ1v) is 10.5. The number of carbonyl (C=O) groups is 1. The van der Waals surface area contributed by atoms with E-state index in [2.05, 4.69) is 9.38 Å². The number of carboxylic acids is 1. The van der Waals surface area contributed by atoms with Gasteiger partial charge in [-0.3, -0.25) is 9.78 Å². The number of hydrogen-bond donors (Lipinski definition) is 3. The molecule has 0 fully saturated rings. The lowest BCUT2D eigenvalue weighted by atomic mass is 9.94. The fourth-order valence-electron chi connectivity index (χ4n) is 2.56. The molecule has 0 spiro atoms. The van der Waals surface area contributed by atoms with Gasteiger partial charge in [-0.25, -0.2) is 8.42 Å². The molecule has 2 aromatic rings. The van der Waals surface area contributed by atoms with Gasteiger partial charge in [-0.1, -0.05) is 36.4 Å². The topological polar surface area (TPSA) is 143 Å². The molecule has 1 unspecified atom stereocenters. The lowest BCUT2D eigenvalue weighted by Crippen LogP contribution is -2.44. The minimum absolute atomic E-state index is 0.430. The van der Waals surface area contributed by atoms with Crippen molar-refractivity contribution in [1.82, 2.24) is 4.98 Å². The summed E-state index contributed by atoms with van der Waals surface area (Å²) in [5.74, 6) is -2.54. The molecule has 1 aromatic carbocycles. The Balaban J connectivity index is 2.21. The highest BCUT2D eigenvalue weighted by molar-refractivity contribution is 7.90. The number of hydrogen-bond acceptors (Lipinski definition) is 6. The molecule has 8 nitrogen and oxygen atoms in total. The van der Waals surface area contributed by atoms with E-state index in [1.165, 1.54) is 6.07 Å². The molecule has 2 rings (SSSR count). The van der Waals surface area contributed by atoms with E-state index in [0.717, 1.165) is 12.3 Å². The van der Waals surface area contributed by atoms with E-state index in [0.29, 0.717) is 17.3 Å². The van der Waals surface area contributed by atoms with Gasteiger partial charge in [0.25, 0.3) is 10.0 Å². The molecule has 0 amide bonds. The molecule has 0 bridgehead atoms. The Labute approximate surface area is 176 Å². The van der Waals surface area contributed by atoms with E-state index in [9.17, 15) is 31.5 Å². The molecule has 0 saturated carbocycles. The molecule has 2 atom stereocenters. The number of rotatable bonds is 9. The van der Waals surface area contributed by atoms with Crippen LogP contribution in [0.25, 0.3) is 11.1 Å². The van der Waals surface area contributed by atoms with E-state index in [4.69, 9.17) is 10.8 Å². The van der Waals surface area contributed by atoms with Crippen LogP contribution in [-0.2, 0) is 20.4 Å². The van der Waals surface area contributed by atoms with Crippen molar-refractivity contribution in [3.8, 4) is 11.1 Å². The van der Waals surface area contributed by atoms with E-state index in [-0.39, 0.29) is 0 Å². The summed E-state index contributed by atoms with van der Waals surface area (Å²) in [5, 5.41) is 19.0. The second kappa shape index (κ2) is 9.54. The van der Waals surface area contributed by atoms with Crippen molar-refractivity contribution < 1.29 is 36.6 Å². The van der Waals surface area contributed by atoms with Crippen LogP contribution in [-0.4, -0.2) is 53.8 Å². The summed E-state index contributed by atoms with van der Waals surface area (Å²) in [6.45, 7) is 0. The highest BCUT2D eigenvalue weighted by atomic mass is 32.2. The van der Waals surface area contributed by atoms with E-state index < -0.39 is 58.1 Å². The molecule has 0 radical (unpaired) electrons. The summed E-state index contributed by atoms with van der Waals surface area (Å²) in [6, 6.07) is 9.63. The molecular weight excluding hydrogens is 439 g/mol. The lowest BCUT2D eigenvalue weighted by molar-refractivity contribution is -0.268. The van der Waals surface area contributed by atoms with Crippen molar-refractivity contribution in [3.63, 3.8) is 0 Å². The second-order valence-corrected chi connectivity index (χ2v) is 8.44. The number of nitrogens with two attached hydrogens (primary N) is 1. The number of halogens is 3. The molecule has 31 heavy (non-hydrogen) atoms. The van der Waals surface area contributed by atoms with Crippen molar-refractivity contribution in [2.75, 3.05) is 5.75 Å². The first kappa shape index (κ1) is 24.4. The van der Waals surface area contributed by atoms with E-state index in [1.54, 1.807) is 30.3 Å². The number of alkyl halides is 3. The minimum atomic E-state index is -5.21. The molecule has 1 aromatic heterocycles. The van der Waals surface area contributed by atoms with Gasteiger partial charge in [0.05, 0.1) is 11.4 Å². The lowest BCUT2D eigenvalue weighted by Gasteiger charge is -2.29. The monoisotopic (exact) mass is 459 g/mol. The van der Waals surface area contributed by atoms with Crippen LogP contribution in [0.15, 0.2) is 53.1 Å². The molecule has 168 valence electrons. The molecule has 4 N–H and O–H groups in total. The maximum Gasteiger partial charge on any atom is 0.423 e. The third kappa shape index (κ3) is 6.32. The molecule has 1 heterocycles. The molecule has 0 aliphatic carbocycles. The third-order valence-corrected chi connectivity index (χ3v) is 5.59. The molecular formula is C19H20F3N3O5S. The van der Waals surface area contributed by atoms with Gasteiger partial charge in [0, 0.05) is 30.8 Å². The highest BCUT2D eigenvalue weighted by Gasteiger charge is 2.56. The average Bonchev–Trinajstić information content (AvgIpc) is 2.71. The summed E-state index contributed by atoms with van der Waals surface area (Å²) in [4.78, 5) is 14.3. The zero-order chi connectivity index (χ0) is 23.3. The van der Waals surface area contributed by atoms with Gasteiger partial charge >= 0.3 is 12.1 Å². The predicted octanol–water partition coefficient (Wildman–Crippen LogP) is 2.09. The number of sulfonamides is 1. The van der Waals surface area contributed by atoms with Crippen molar-refractivity contribution >= 4 is 22.2 Å². The zero-order valence-corrected chi connectivity index (χ0v) is 16.8. The van der Waals surface area contributed by atoms with Crippen molar-refractivity contribution in [2.24, 2.45) is 10.1 Å². The Morgan fingerprint density at radius 2 is 1.81 bits per heavy atom. The van der Waals surface area contributed by atoms with Gasteiger partial charge in [-0.15, -0.1) is 0 Å². The van der Waals surface area contributed by atoms with E-state index >= 15 is 0 Å². The van der Waals surface area contributed by atoms with Crippen molar-refractivity contribution in [2.45, 2.75) is 30.7 Å². The van der Waals surface area contributed by atoms with Crippen molar-refractivity contribution in [3.05, 3.63) is 54.4 Å². The third-order valence-electron chi connectivity index (χ3n) is 4.40. The number of nitrogens with zero attached hydrogens (tertiary/aromatic N) is 2. The van der Waals surface area contributed by atoms with Crippen LogP contribution in [0.3, 0.4) is 0 Å². The second-order valence-electron chi connectivity index (χ2n) is 6.66. The van der Waals surface area contributed by atoms with Gasteiger partial charge < -0.3 is 15.9 Å². The van der Waals surface area contributed by atoms with Crippen LogP contribution < -0.4 is 5.73 Å². The Kier molecular flexibility index (Phi) is 7.52. The number of aromatic nitrogens is 1. The smallest absolute Gasteiger partial charge is 0.423 e. The van der Waals surface area contributed by atoms with Crippen molar-refractivity contribution in [1.29, 1.82) is 0 Å². The number of benzene rings is 1. The zero-order valence-electron chi connectivity index (χ0n) is 16.0. The number of pyridine rings is 1. The first-order chi connectivity index (χ1) is 14.4. The maximum absolute atomic E-state index is 13.6. The van der Waals surface area contributed by atoms with Gasteiger partial charge in [-0.2, -0.15) is 17.6 Å². The number of aliphatic hydroxyl groups is 1. The largest absolute Gasteiger partial charge is 0.480 e. The molecule has 0 saturated heterocycles. The number of carboxylic acid groups (broad SMARTS) is 1. The molecule has 0 aliphatic rings. The first-order valence-electron chi connectivity index (χ1n) is 8.91. The summed E-state index contributed by atoms with van der Waals surface area (Å²) in [7, 11) is -4.42. The summed E-state index contributed by atoms with van der Waals surface area (Å²) < 4.78 is 67.9. The fourth-order valence-corrected chi connectivity index (χ4v) is 3.53. The Morgan fingerprint density at radius 1 is 1.16 bits per heavy atom. The average molecular weight is 459 g/mol. The van der Waals surface area contributed by atoms with Crippen LogP contribution in [0.2, 0.25) is 0 Å². The normalized spacial score (nSPS) is 15.5. The predicted molar refractivity (Wildman–Crippen MR) is 107 cm³/mol. The standard InChI is InChI=1S/C19H20F3N3O5S/c20-19(21,22)18(28,9-11-31(29,30)25-10-8-15(23)17(26)27)16-7-6-14(12-24-16)13-4-2-1-3-5-13/h1-7,10,12,15,28H,8-9,11,23H2,(H,26,27)/t15-,18?/m0/s1. The minimum Gasteiger partial charge on any atom is -0.480 e. The highest BCUT2D eigenvalue weighted by Crippen LogP contribution is 2.41. The summed E-state index contributed by atoms with van der Waals surface area (Å²) in [6.07, 6.45) is -5.03. The Hall–Kier alpha value is -2.83. The SMILES string of the molecule is N[C@@H](CC=NS(=O)(=O)CCC(O)(c1ccc(-c2ccccc2)cn1)C(F)(F)F)C(=O)O. The molecule has 0 aliphatic heterocycles. The summed E-state index contributed by atoms with van der Waals surface area (Å²) in [5.41, 5.74) is 2.13. The maximum atomic E-state index is 13.6. The van der Waals surface area contributed by atoms with Gasteiger partial charge in [0.2, 0.25) is 5.60 Å². The van der Waals surface area contributed by atoms with Gasteiger partial charge in [-0.05, 0) is 11.6 Å². The van der Waals surface area contributed by atoms with Crippen LogP contribution >= 0.6 is 0 Å². The fraction of sp³-hybridized carbons (Fsp3) is 0.316. The van der Waals surface area contributed by atoms with Crippen LogP contribution in [0.1, 0.15) is 18.5 Å². The van der Waals surface area contributed by atoms with Crippen LogP contribution in [0.4, 0.5) is 13.2 Å². The number of aliphatic carboxylic acids is 1. The quantitative estimate of drug-likeness (QED) is 0.487. The van der Waals surface area contributed by atoms with Gasteiger partial charge in [0.1, 0.15) is 6.04 Å².